The minimum Gasteiger partial charge on any atom is -0.382 e. The molecule has 3 aliphatic heterocycles. The fraction of sp³-hybridized carbons (Fsp3) is 0.432. The maximum Gasteiger partial charge on any atom is 0.319 e. The van der Waals surface area contributed by atoms with Crippen molar-refractivity contribution in [2.75, 3.05) is 101 Å². The number of halogens is 2. The van der Waals surface area contributed by atoms with Crippen LogP contribution in [0, 0.1) is 11.6 Å². The quantitative estimate of drug-likeness (QED) is 0.0455. The summed E-state index contributed by atoms with van der Waals surface area (Å²) in [4.78, 5) is 91.7. The van der Waals surface area contributed by atoms with Crippen molar-refractivity contribution in [3.05, 3.63) is 89.0 Å². The molecule has 0 radical (unpaired) electrons. The number of nitrogens with two attached hydrogens (primary N) is 1. The molecule has 20 nitrogen and oxygen atoms in total. The van der Waals surface area contributed by atoms with Crippen LogP contribution in [0.1, 0.15) is 45.5 Å². The lowest BCUT2D eigenvalue weighted by atomic mass is 10.0. The number of amides is 8. The third kappa shape index (κ3) is 12.3. The highest BCUT2D eigenvalue weighted by atomic mass is 19.1. The predicted octanol–water partition coefficient (Wildman–Crippen LogP) is 1.23. The van der Waals surface area contributed by atoms with Gasteiger partial charge in [-0.05, 0) is 60.5 Å². The van der Waals surface area contributed by atoms with Crippen LogP contribution < -0.4 is 31.5 Å². The molecule has 66 heavy (non-hydrogen) atoms. The van der Waals surface area contributed by atoms with Gasteiger partial charge in [-0.15, -0.1) is 0 Å². The van der Waals surface area contributed by atoms with E-state index < -0.39 is 64.8 Å². The van der Waals surface area contributed by atoms with Crippen molar-refractivity contribution in [3.63, 3.8) is 0 Å². The summed E-state index contributed by atoms with van der Waals surface area (Å²) in [5, 5.41) is 18.6. The molecular weight excluding hydrogens is 873 g/mol. The zero-order chi connectivity index (χ0) is 47.2. The van der Waals surface area contributed by atoms with E-state index in [1.807, 2.05) is 0 Å². The predicted molar refractivity (Wildman–Crippen MR) is 229 cm³/mol. The molecule has 0 aromatic heterocycles. The van der Waals surface area contributed by atoms with E-state index in [1.165, 1.54) is 15.9 Å². The summed E-state index contributed by atoms with van der Waals surface area (Å²) in [5.74, 6) is -5.81. The van der Waals surface area contributed by atoms with E-state index in [9.17, 15) is 47.4 Å². The third-order valence-corrected chi connectivity index (χ3v) is 10.8. The van der Waals surface area contributed by atoms with E-state index in [-0.39, 0.29) is 75.4 Å². The van der Waals surface area contributed by atoms with Gasteiger partial charge in [-0.1, -0.05) is 6.07 Å². The van der Waals surface area contributed by atoms with Gasteiger partial charge in [-0.2, -0.15) is 0 Å². The Labute approximate surface area is 377 Å². The van der Waals surface area contributed by atoms with Gasteiger partial charge in [0.2, 0.25) is 17.4 Å². The molecule has 3 aromatic carbocycles. The first kappa shape index (κ1) is 49.0. The highest BCUT2D eigenvalue weighted by Crippen LogP contribution is 2.33. The van der Waals surface area contributed by atoms with Crippen molar-refractivity contribution in [2.24, 2.45) is 5.73 Å². The number of imide groups is 2. The maximum atomic E-state index is 13.5. The highest BCUT2D eigenvalue weighted by Gasteiger charge is 2.52. The number of benzene rings is 3. The Hall–Kier alpha value is -6.43. The monoisotopic (exact) mass is 923 g/mol. The zero-order valence-electron chi connectivity index (χ0n) is 35.9. The largest absolute Gasteiger partial charge is 0.382 e. The molecule has 2 atom stereocenters. The van der Waals surface area contributed by atoms with Gasteiger partial charge >= 0.3 is 6.03 Å². The fourth-order valence-electron chi connectivity index (χ4n) is 7.44. The highest BCUT2D eigenvalue weighted by molar-refractivity contribution is 6.25. The number of carbonyl (C=O) groups is 7. The number of carbonyl (C=O) groups excluding carboxylic acids is 7. The summed E-state index contributed by atoms with van der Waals surface area (Å²) in [6.45, 7) is 3.07. The Morgan fingerprint density at radius 2 is 1.42 bits per heavy atom. The van der Waals surface area contributed by atoms with Crippen LogP contribution in [0.4, 0.5) is 30.6 Å². The lowest BCUT2D eigenvalue weighted by Gasteiger charge is -2.27. The number of nitrogens with zero attached hydrogens (tertiary/aromatic N) is 3. The fourth-order valence-corrected chi connectivity index (χ4v) is 7.44. The molecule has 0 bridgehead atoms. The van der Waals surface area contributed by atoms with E-state index >= 15 is 0 Å². The molecule has 354 valence electrons. The minimum atomic E-state index is -2.38. The number of anilines is 3. The molecule has 3 heterocycles. The molecule has 0 saturated carbocycles. The van der Waals surface area contributed by atoms with Crippen molar-refractivity contribution in [3.8, 4) is 0 Å². The number of hydrogen-bond acceptors (Lipinski definition) is 14. The Bertz CT molecular complexity index is 2250. The second-order valence-electron chi connectivity index (χ2n) is 15.2. The first-order valence-corrected chi connectivity index (χ1v) is 21.2. The van der Waals surface area contributed by atoms with Crippen LogP contribution in [0.2, 0.25) is 0 Å². The van der Waals surface area contributed by atoms with Gasteiger partial charge in [0.1, 0.15) is 17.7 Å². The van der Waals surface area contributed by atoms with E-state index in [0.717, 1.165) is 17.0 Å². The van der Waals surface area contributed by atoms with Gasteiger partial charge in [-0.3, -0.25) is 43.9 Å². The molecule has 6 rings (SSSR count). The Morgan fingerprint density at radius 1 is 0.818 bits per heavy atom. The number of piperidine rings is 1. The molecule has 2 fully saturated rings. The van der Waals surface area contributed by atoms with Gasteiger partial charge in [0.25, 0.3) is 23.6 Å². The van der Waals surface area contributed by atoms with Gasteiger partial charge < -0.3 is 50.1 Å². The summed E-state index contributed by atoms with van der Waals surface area (Å²) in [5.41, 5.74) is 4.93. The van der Waals surface area contributed by atoms with Crippen molar-refractivity contribution in [1.29, 1.82) is 0 Å². The maximum absolute atomic E-state index is 13.5. The number of nitrogens with one attached hydrogen (secondary N) is 3. The zero-order valence-corrected chi connectivity index (χ0v) is 35.9. The van der Waals surface area contributed by atoms with E-state index in [4.69, 9.17) is 29.4 Å². The van der Waals surface area contributed by atoms with Crippen molar-refractivity contribution < 1.29 is 71.1 Å². The van der Waals surface area contributed by atoms with Gasteiger partial charge in [0.05, 0.1) is 83.7 Å². The average molecular weight is 924 g/mol. The number of rotatable bonds is 25. The van der Waals surface area contributed by atoms with E-state index in [2.05, 4.69) is 16.0 Å². The van der Waals surface area contributed by atoms with Crippen LogP contribution in [-0.4, -0.2) is 149 Å². The SMILES string of the molecule is NC(=O)N(CCOCCOCCOCCOCCOCCNc1cccc2c1C(=O)N(C1CCC(=O)NC1=O)C2=O)c1ccc(N2CCC(O)(C(=O)NCc3cc(F)cc(F)c3)C2=O)cc1. The van der Waals surface area contributed by atoms with E-state index in [1.54, 1.807) is 36.4 Å². The van der Waals surface area contributed by atoms with Gasteiger partial charge in [0.15, 0.2) is 0 Å². The topological polar surface area (TPSA) is 258 Å². The smallest absolute Gasteiger partial charge is 0.319 e. The second kappa shape index (κ2) is 23.2. The molecule has 0 spiro atoms. The van der Waals surface area contributed by atoms with Crippen LogP contribution in [0.15, 0.2) is 60.7 Å². The number of aliphatic hydroxyl groups is 1. The molecule has 8 amide bonds. The lowest BCUT2D eigenvalue weighted by Crippen LogP contribution is -2.54. The second-order valence-corrected chi connectivity index (χ2v) is 15.2. The number of urea groups is 1. The summed E-state index contributed by atoms with van der Waals surface area (Å²) in [6, 6.07) is 12.0. The standard InChI is InChI=1S/C44H51F2N7O13/c45-29-24-28(25-30(46)26-29)27-49-41(58)44(61)10-12-51(42(44)59)31-4-6-32(7-5-31)52(43(47)60)13-15-63-17-19-65-21-23-66-22-20-64-18-16-62-14-11-48-34-3-1-2-33-37(34)40(57)53(39(33)56)35-8-9-36(54)50-38(35)55/h1-7,24-26,35,48,61H,8-23,27H2,(H2,47,60)(H,49,58)(H,50,54,55). The van der Waals surface area contributed by atoms with Crippen LogP contribution in [-0.2, 0) is 49.4 Å². The normalized spacial score (nSPS) is 18.2. The van der Waals surface area contributed by atoms with Crippen LogP contribution in [0.25, 0.3) is 0 Å². The summed E-state index contributed by atoms with van der Waals surface area (Å²) >= 11 is 0. The molecule has 0 aliphatic carbocycles. The molecule has 2 saturated heterocycles. The van der Waals surface area contributed by atoms with Gasteiger partial charge in [0, 0.05) is 55.6 Å². The van der Waals surface area contributed by atoms with Crippen molar-refractivity contribution >= 4 is 58.5 Å². The number of fused-ring (bicyclic) bond motifs is 1. The van der Waals surface area contributed by atoms with Crippen molar-refractivity contribution in [2.45, 2.75) is 37.5 Å². The number of hydrogen-bond donors (Lipinski definition) is 5. The Kier molecular flexibility index (Phi) is 17.2. The molecular formula is C44H51F2N7O13. The van der Waals surface area contributed by atoms with Gasteiger partial charge in [-0.25, -0.2) is 13.6 Å². The molecule has 22 heteroatoms. The minimum absolute atomic E-state index is 0.0151. The van der Waals surface area contributed by atoms with Crippen molar-refractivity contribution in [1.82, 2.24) is 15.5 Å². The van der Waals surface area contributed by atoms with Crippen LogP contribution in [0.3, 0.4) is 0 Å². The average Bonchev–Trinajstić information content (AvgIpc) is 3.73. The number of primary amides is 1. The summed E-state index contributed by atoms with van der Waals surface area (Å²) < 4.78 is 54.7. The number of ether oxygens (including phenoxy) is 5. The Morgan fingerprint density at radius 3 is 2.03 bits per heavy atom. The molecule has 3 aromatic rings. The molecule has 6 N–H and O–H groups in total. The first-order chi connectivity index (χ1) is 31.8. The Balaban J connectivity index is 0.769. The van der Waals surface area contributed by atoms with Crippen LogP contribution in [0.5, 0.6) is 0 Å². The van der Waals surface area contributed by atoms with Crippen LogP contribution >= 0.6 is 0 Å². The first-order valence-electron chi connectivity index (χ1n) is 21.2. The molecule has 2 unspecified atom stereocenters. The molecule has 3 aliphatic rings. The summed E-state index contributed by atoms with van der Waals surface area (Å²) in [6.07, 6.45) is -0.104. The summed E-state index contributed by atoms with van der Waals surface area (Å²) in [7, 11) is 0. The van der Waals surface area contributed by atoms with E-state index in [0.29, 0.717) is 75.9 Å². The third-order valence-electron chi connectivity index (χ3n) is 10.8. The lowest BCUT2D eigenvalue weighted by molar-refractivity contribution is -0.149.